The van der Waals surface area contributed by atoms with Gasteiger partial charge >= 0.3 is 0 Å². The standard InChI is InChI=1S/C26H30N6OS2/c1-2-10-28-25-30-31-26(35-25)29-15-17-6-7-21-22(18-4-3-5-19(14-18)24(27)34)16-32(23(21)13-17)20-8-11-33-12-9-20/h3-7,13-14,16,20H,2,8-12,15H2,1H3,(H2,27,34)(H,28,30)(H,29,31). The third-order valence-corrected chi connectivity index (χ3v) is 7.41. The second-order valence-electron chi connectivity index (χ2n) is 8.78. The smallest absolute Gasteiger partial charge is 0.207 e. The molecule has 9 heteroatoms. The van der Waals surface area contributed by atoms with E-state index in [0.717, 1.165) is 60.4 Å². The Morgan fingerprint density at radius 1 is 1.14 bits per heavy atom. The lowest BCUT2D eigenvalue weighted by atomic mass is 10.0. The number of benzene rings is 2. The molecule has 0 aliphatic carbocycles. The highest BCUT2D eigenvalue weighted by Crippen LogP contribution is 2.36. The van der Waals surface area contributed by atoms with Gasteiger partial charge in [-0.3, -0.25) is 0 Å². The van der Waals surface area contributed by atoms with E-state index in [1.807, 2.05) is 12.1 Å². The summed E-state index contributed by atoms with van der Waals surface area (Å²) in [6.07, 6.45) is 5.36. The van der Waals surface area contributed by atoms with Crippen molar-refractivity contribution in [2.45, 2.75) is 38.8 Å². The Labute approximate surface area is 214 Å². The Morgan fingerprint density at radius 3 is 2.71 bits per heavy atom. The molecule has 2 aromatic carbocycles. The van der Waals surface area contributed by atoms with Crippen LogP contribution < -0.4 is 16.4 Å². The zero-order chi connectivity index (χ0) is 24.2. The second kappa shape index (κ2) is 10.7. The first-order chi connectivity index (χ1) is 17.1. The number of nitrogens with zero attached hydrogens (tertiary/aromatic N) is 3. The highest BCUT2D eigenvalue weighted by molar-refractivity contribution is 7.80. The van der Waals surface area contributed by atoms with Gasteiger partial charge in [0, 0.05) is 60.6 Å². The summed E-state index contributed by atoms with van der Waals surface area (Å²) in [5, 5.41) is 18.1. The first kappa shape index (κ1) is 23.7. The summed E-state index contributed by atoms with van der Waals surface area (Å²) in [7, 11) is 0. The number of nitrogens with two attached hydrogens (primary N) is 1. The molecule has 0 radical (unpaired) electrons. The summed E-state index contributed by atoms with van der Waals surface area (Å²) >= 11 is 6.77. The molecule has 1 aliphatic heterocycles. The number of hydrogen-bond donors (Lipinski definition) is 3. The molecule has 35 heavy (non-hydrogen) atoms. The zero-order valence-electron chi connectivity index (χ0n) is 19.8. The first-order valence-corrected chi connectivity index (χ1v) is 13.3. The molecule has 2 aromatic heterocycles. The van der Waals surface area contributed by atoms with Crippen LogP contribution >= 0.6 is 23.6 Å². The third kappa shape index (κ3) is 5.32. The van der Waals surface area contributed by atoms with E-state index in [1.54, 1.807) is 11.3 Å². The zero-order valence-corrected chi connectivity index (χ0v) is 21.4. The molecule has 1 fully saturated rings. The lowest BCUT2D eigenvalue weighted by Gasteiger charge is -2.24. The van der Waals surface area contributed by atoms with Crippen LogP contribution in [0.5, 0.6) is 0 Å². The van der Waals surface area contributed by atoms with Crippen molar-refractivity contribution >= 4 is 49.7 Å². The number of rotatable bonds is 9. The maximum absolute atomic E-state index is 5.91. The van der Waals surface area contributed by atoms with Crippen LogP contribution in [0.25, 0.3) is 22.0 Å². The summed E-state index contributed by atoms with van der Waals surface area (Å²) in [6, 6.07) is 15.3. The first-order valence-electron chi connectivity index (χ1n) is 12.0. The number of fused-ring (bicyclic) bond motifs is 1. The molecule has 7 nitrogen and oxygen atoms in total. The molecule has 0 unspecified atom stereocenters. The van der Waals surface area contributed by atoms with Crippen LogP contribution in [0, 0.1) is 0 Å². The number of thiocarbonyl (C=S) groups is 1. The van der Waals surface area contributed by atoms with Crippen LogP contribution in [-0.4, -0.2) is 39.5 Å². The molecule has 3 heterocycles. The fourth-order valence-corrected chi connectivity index (χ4v) is 5.31. The topological polar surface area (TPSA) is 90.0 Å². The van der Waals surface area contributed by atoms with Crippen LogP contribution in [-0.2, 0) is 11.3 Å². The molecule has 182 valence electrons. The summed E-state index contributed by atoms with van der Waals surface area (Å²) in [5.74, 6) is 0. The minimum absolute atomic E-state index is 0.414. The molecule has 5 rings (SSSR count). The molecular formula is C26H30N6OS2. The predicted octanol–water partition coefficient (Wildman–Crippen LogP) is 5.58. The van der Waals surface area contributed by atoms with Crippen molar-refractivity contribution in [3.63, 3.8) is 0 Å². The van der Waals surface area contributed by atoms with Gasteiger partial charge in [0.1, 0.15) is 4.99 Å². The van der Waals surface area contributed by atoms with E-state index < -0.39 is 0 Å². The number of aromatic nitrogens is 3. The van der Waals surface area contributed by atoms with Crippen molar-refractivity contribution in [1.82, 2.24) is 14.8 Å². The van der Waals surface area contributed by atoms with E-state index >= 15 is 0 Å². The maximum atomic E-state index is 5.91. The van der Waals surface area contributed by atoms with E-state index in [1.165, 1.54) is 22.0 Å². The lowest BCUT2D eigenvalue weighted by molar-refractivity contribution is 0.0707. The Hall–Kier alpha value is -3.01. The minimum atomic E-state index is 0.414. The molecule has 0 amide bonds. The fourth-order valence-electron chi connectivity index (χ4n) is 4.52. The minimum Gasteiger partial charge on any atom is -0.389 e. The summed E-state index contributed by atoms with van der Waals surface area (Å²) in [6.45, 7) is 5.31. The average Bonchev–Trinajstić information content (AvgIpc) is 3.51. The number of ether oxygens (including phenoxy) is 1. The highest BCUT2D eigenvalue weighted by Gasteiger charge is 2.20. The normalized spacial score (nSPS) is 14.3. The van der Waals surface area contributed by atoms with E-state index in [0.29, 0.717) is 17.6 Å². The number of nitrogens with one attached hydrogen (secondary N) is 2. The molecule has 0 saturated carbocycles. The van der Waals surface area contributed by atoms with Gasteiger partial charge in [0.05, 0.1) is 0 Å². The maximum Gasteiger partial charge on any atom is 0.207 e. The van der Waals surface area contributed by atoms with Gasteiger partial charge in [0.25, 0.3) is 0 Å². The largest absolute Gasteiger partial charge is 0.389 e. The van der Waals surface area contributed by atoms with Gasteiger partial charge in [-0.15, -0.1) is 10.2 Å². The van der Waals surface area contributed by atoms with Gasteiger partial charge in [-0.2, -0.15) is 0 Å². The summed E-state index contributed by atoms with van der Waals surface area (Å²) in [4.78, 5) is 0.415. The summed E-state index contributed by atoms with van der Waals surface area (Å²) in [5.41, 5.74) is 11.5. The van der Waals surface area contributed by atoms with Gasteiger partial charge in [0.2, 0.25) is 10.3 Å². The Balaban J connectivity index is 1.46. The molecule has 0 atom stereocenters. The Morgan fingerprint density at radius 2 is 1.94 bits per heavy atom. The molecule has 4 N–H and O–H groups in total. The molecule has 4 aromatic rings. The van der Waals surface area contributed by atoms with E-state index in [2.05, 4.69) is 68.9 Å². The molecular weight excluding hydrogens is 476 g/mol. The van der Waals surface area contributed by atoms with Crippen LogP contribution in [0.3, 0.4) is 0 Å². The number of anilines is 2. The van der Waals surface area contributed by atoms with Crippen molar-refractivity contribution in [1.29, 1.82) is 0 Å². The van der Waals surface area contributed by atoms with Crippen molar-refractivity contribution in [2.24, 2.45) is 5.73 Å². The van der Waals surface area contributed by atoms with Crippen LogP contribution in [0.2, 0.25) is 0 Å². The van der Waals surface area contributed by atoms with Crippen LogP contribution in [0.1, 0.15) is 43.4 Å². The molecule has 0 spiro atoms. The van der Waals surface area contributed by atoms with E-state index in [-0.39, 0.29) is 0 Å². The Kier molecular flexibility index (Phi) is 7.26. The van der Waals surface area contributed by atoms with Crippen molar-refractivity contribution in [2.75, 3.05) is 30.4 Å². The van der Waals surface area contributed by atoms with Gasteiger partial charge in [-0.25, -0.2) is 0 Å². The van der Waals surface area contributed by atoms with Crippen LogP contribution in [0.15, 0.2) is 48.7 Å². The van der Waals surface area contributed by atoms with Crippen LogP contribution in [0.4, 0.5) is 10.3 Å². The quantitative estimate of drug-likeness (QED) is 0.255. The molecule has 0 bridgehead atoms. The van der Waals surface area contributed by atoms with Crippen molar-refractivity contribution < 1.29 is 4.74 Å². The van der Waals surface area contributed by atoms with Gasteiger partial charge in [-0.1, -0.05) is 60.8 Å². The number of hydrogen-bond acceptors (Lipinski definition) is 7. The Bertz CT molecular complexity index is 1320. The average molecular weight is 507 g/mol. The second-order valence-corrected chi connectivity index (χ2v) is 10.2. The van der Waals surface area contributed by atoms with Crippen molar-refractivity contribution in [3.8, 4) is 11.1 Å². The van der Waals surface area contributed by atoms with Gasteiger partial charge < -0.3 is 25.7 Å². The lowest BCUT2D eigenvalue weighted by Crippen LogP contribution is -2.19. The van der Waals surface area contributed by atoms with E-state index in [4.69, 9.17) is 22.7 Å². The SMILES string of the molecule is CCCNc1nnc(NCc2ccc3c(-c4cccc(C(N)=S)c4)cn(C4CCOCC4)c3c2)s1. The fraction of sp³-hybridized carbons (Fsp3) is 0.346. The van der Waals surface area contributed by atoms with E-state index in [9.17, 15) is 0 Å². The highest BCUT2D eigenvalue weighted by atomic mass is 32.1. The molecule has 1 aliphatic rings. The monoisotopic (exact) mass is 506 g/mol. The van der Waals surface area contributed by atoms with Crippen molar-refractivity contribution in [3.05, 3.63) is 59.8 Å². The van der Waals surface area contributed by atoms with Gasteiger partial charge in [-0.05, 0) is 42.5 Å². The molecule has 1 saturated heterocycles. The third-order valence-electron chi connectivity index (χ3n) is 6.34. The van der Waals surface area contributed by atoms with Gasteiger partial charge in [0.15, 0.2) is 0 Å². The predicted molar refractivity (Wildman–Crippen MR) is 148 cm³/mol. The summed E-state index contributed by atoms with van der Waals surface area (Å²) < 4.78 is 8.07.